The van der Waals surface area contributed by atoms with Gasteiger partial charge in [0.15, 0.2) is 5.78 Å². The average Bonchev–Trinajstić information content (AvgIpc) is 3.25. The van der Waals surface area contributed by atoms with Crippen molar-refractivity contribution in [3.63, 3.8) is 0 Å². The Morgan fingerprint density at radius 3 is 2.71 bits per heavy atom. The van der Waals surface area contributed by atoms with Gasteiger partial charge in [0, 0.05) is 24.6 Å². The molecule has 2 heterocycles. The number of Topliss-reactive ketones (excluding diaryl/α,β-unsaturated/α-hetero) is 2. The minimum Gasteiger partial charge on any atom is -0.445 e. The summed E-state index contributed by atoms with van der Waals surface area (Å²) in [5.74, 6) is -2.37. The van der Waals surface area contributed by atoms with Gasteiger partial charge in [0.05, 0.1) is 11.7 Å². The number of fused-ring (bicyclic) bond motifs is 2. The first-order valence-electron chi connectivity index (χ1n) is 11.7. The molecule has 2 bridgehead atoms. The Morgan fingerprint density at radius 1 is 1.21 bits per heavy atom. The van der Waals surface area contributed by atoms with Crippen molar-refractivity contribution in [3.8, 4) is 0 Å². The van der Waals surface area contributed by atoms with Crippen LogP contribution in [0.25, 0.3) is 0 Å². The molecule has 1 aromatic heterocycles. The number of amides is 2. The molecule has 182 valence electrons. The smallest absolute Gasteiger partial charge is 0.408 e. The maximum atomic E-state index is 13.2. The van der Waals surface area contributed by atoms with E-state index in [1.54, 1.807) is 0 Å². The number of hydrogen-bond acceptors (Lipinski definition) is 6. The summed E-state index contributed by atoms with van der Waals surface area (Å²) in [5, 5.41) is 12.4. The number of nitrogens with one attached hydrogen (secondary N) is 3. The Labute approximate surface area is 199 Å². The van der Waals surface area contributed by atoms with Gasteiger partial charge in [-0.15, -0.1) is 0 Å². The van der Waals surface area contributed by atoms with E-state index in [2.05, 4.69) is 20.8 Å². The van der Waals surface area contributed by atoms with Crippen LogP contribution in [0, 0.1) is 11.8 Å². The Balaban J connectivity index is 1.68. The number of hydrogen-bond donors (Lipinski definition) is 3. The van der Waals surface area contributed by atoms with E-state index in [0.717, 1.165) is 11.3 Å². The van der Waals surface area contributed by atoms with E-state index in [4.69, 9.17) is 4.74 Å². The minimum absolute atomic E-state index is 0.0820. The number of aromatic nitrogens is 2. The number of alkyl carbamates (subject to hydrolysis) is 1. The van der Waals surface area contributed by atoms with Gasteiger partial charge in [-0.2, -0.15) is 5.10 Å². The van der Waals surface area contributed by atoms with Crippen molar-refractivity contribution in [2.24, 2.45) is 11.8 Å². The molecule has 0 saturated heterocycles. The van der Waals surface area contributed by atoms with Gasteiger partial charge in [0.25, 0.3) is 5.91 Å². The standard InChI is InChI=1S/C25H32N4O5/c1-16(2)11-21(27-25(33)34-15-17-7-4-3-5-8-17)22(30)13-18-12-20-14-19(28-29-20)9-6-10-26-24(32)23(18)31/h3-5,7-8,14,16,18,21H,6,9-13,15H2,1-2H3,(H,26,32)(H,27,33)(H,28,29). The molecule has 0 radical (unpaired) electrons. The second-order valence-corrected chi connectivity index (χ2v) is 9.07. The summed E-state index contributed by atoms with van der Waals surface area (Å²) in [5.41, 5.74) is 2.38. The third kappa shape index (κ3) is 7.54. The van der Waals surface area contributed by atoms with Gasteiger partial charge in [-0.05, 0) is 43.2 Å². The van der Waals surface area contributed by atoms with Crippen LogP contribution in [0.1, 0.15) is 50.1 Å². The molecule has 1 aromatic carbocycles. The molecular formula is C25H32N4O5. The maximum Gasteiger partial charge on any atom is 0.408 e. The van der Waals surface area contributed by atoms with Gasteiger partial charge >= 0.3 is 6.09 Å². The number of benzene rings is 1. The SMILES string of the molecule is CC(C)CC(NC(=O)OCc1ccccc1)C(=O)CC1Cc2cc(n[nH]2)CCCNC(=O)C1=O. The van der Waals surface area contributed by atoms with Crippen molar-refractivity contribution in [1.29, 1.82) is 0 Å². The summed E-state index contributed by atoms with van der Waals surface area (Å²) in [7, 11) is 0. The lowest BCUT2D eigenvalue weighted by Gasteiger charge is -2.22. The highest BCUT2D eigenvalue weighted by Gasteiger charge is 2.32. The van der Waals surface area contributed by atoms with Crippen molar-refractivity contribution >= 4 is 23.6 Å². The zero-order chi connectivity index (χ0) is 24.5. The normalized spacial score (nSPS) is 17.4. The number of ether oxygens (including phenoxy) is 1. The molecule has 3 N–H and O–H groups in total. The van der Waals surface area contributed by atoms with Crippen molar-refractivity contribution < 1.29 is 23.9 Å². The molecular weight excluding hydrogens is 436 g/mol. The number of carbonyl (C=O) groups excluding carboxylic acids is 4. The molecule has 0 fully saturated rings. The van der Waals surface area contributed by atoms with E-state index in [0.29, 0.717) is 31.5 Å². The van der Waals surface area contributed by atoms with Gasteiger partial charge in [-0.3, -0.25) is 19.5 Å². The highest BCUT2D eigenvalue weighted by Crippen LogP contribution is 2.18. The van der Waals surface area contributed by atoms with Crippen LogP contribution in [0.5, 0.6) is 0 Å². The molecule has 1 aliphatic rings. The lowest BCUT2D eigenvalue weighted by atomic mass is 9.88. The van der Waals surface area contributed by atoms with E-state index in [-0.39, 0.29) is 31.1 Å². The molecule has 9 heteroatoms. The van der Waals surface area contributed by atoms with Crippen molar-refractivity contribution in [2.75, 3.05) is 6.54 Å². The Bertz CT molecular complexity index is 1000. The number of ketones is 2. The quantitative estimate of drug-likeness (QED) is 0.510. The van der Waals surface area contributed by atoms with Crippen LogP contribution in [0.3, 0.4) is 0 Å². The molecule has 9 nitrogen and oxygen atoms in total. The van der Waals surface area contributed by atoms with E-state index in [1.165, 1.54) is 0 Å². The third-order valence-electron chi connectivity index (χ3n) is 5.69. The predicted octanol–water partition coefficient (Wildman–Crippen LogP) is 2.50. The topological polar surface area (TPSA) is 130 Å². The van der Waals surface area contributed by atoms with E-state index in [9.17, 15) is 19.2 Å². The van der Waals surface area contributed by atoms with Crippen LogP contribution >= 0.6 is 0 Å². The molecule has 0 aliphatic carbocycles. The molecule has 0 saturated carbocycles. The number of carbonyl (C=O) groups is 4. The fourth-order valence-electron chi connectivity index (χ4n) is 3.94. The predicted molar refractivity (Wildman–Crippen MR) is 125 cm³/mol. The van der Waals surface area contributed by atoms with Crippen LogP contribution in [0.2, 0.25) is 0 Å². The number of aromatic amines is 1. The molecule has 2 aromatic rings. The number of H-pyrrole nitrogens is 1. The zero-order valence-electron chi connectivity index (χ0n) is 19.6. The minimum atomic E-state index is -0.851. The number of nitrogens with zero attached hydrogens (tertiary/aromatic N) is 1. The van der Waals surface area contributed by atoms with Crippen LogP contribution in [-0.2, 0) is 38.6 Å². The summed E-state index contributed by atoms with van der Waals surface area (Å²) in [6, 6.07) is 10.3. The van der Waals surface area contributed by atoms with Gasteiger partial charge in [0.1, 0.15) is 6.61 Å². The molecule has 2 unspecified atom stereocenters. The van der Waals surface area contributed by atoms with Gasteiger partial charge in [-0.1, -0.05) is 44.2 Å². The molecule has 1 aliphatic heterocycles. The average molecular weight is 469 g/mol. The van der Waals surface area contributed by atoms with Crippen LogP contribution < -0.4 is 10.6 Å². The lowest BCUT2D eigenvalue weighted by molar-refractivity contribution is -0.141. The summed E-state index contributed by atoms with van der Waals surface area (Å²) in [4.78, 5) is 50.8. The van der Waals surface area contributed by atoms with Crippen LogP contribution in [0.4, 0.5) is 4.79 Å². The highest BCUT2D eigenvalue weighted by atomic mass is 16.5. The van der Waals surface area contributed by atoms with Gasteiger partial charge in [0.2, 0.25) is 5.78 Å². The maximum absolute atomic E-state index is 13.2. The van der Waals surface area contributed by atoms with Gasteiger partial charge < -0.3 is 15.4 Å². The van der Waals surface area contributed by atoms with Crippen molar-refractivity contribution in [3.05, 3.63) is 53.3 Å². The summed E-state index contributed by atoms with van der Waals surface area (Å²) in [6.07, 6.45) is 1.06. The summed E-state index contributed by atoms with van der Waals surface area (Å²) < 4.78 is 5.27. The Kier molecular flexibility index (Phi) is 8.95. The Hall–Kier alpha value is -3.49. The van der Waals surface area contributed by atoms with Crippen molar-refractivity contribution in [1.82, 2.24) is 20.8 Å². The molecule has 2 atom stereocenters. The molecule has 34 heavy (non-hydrogen) atoms. The fraction of sp³-hybridized carbons (Fsp3) is 0.480. The number of rotatable bonds is 8. The largest absolute Gasteiger partial charge is 0.445 e. The highest BCUT2D eigenvalue weighted by molar-refractivity contribution is 6.37. The van der Waals surface area contributed by atoms with Crippen LogP contribution in [-0.4, -0.2) is 46.4 Å². The third-order valence-corrected chi connectivity index (χ3v) is 5.69. The molecule has 3 rings (SSSR count). The lowest BCUT2D eigenvalue weighted by Crippen LogP contribution is -2.44. The second-order valence-electron chi connectivity index (χ2n) is 9.07. The molecule has 2 amide bonds. The van der Waals surface area contributed by atoms with E-state index < -0.39 is 29.7 Å². The first-order valence-corrected chi connectivity index (χ1v) is 11.7. The zero-order valence-corrected chi connectivity index (χ0v) is 19.6. The first kappa shape index (κ1) is 25.1. The van der Waals surface area contributed by atoms with E-state index in [1.807, 2.05) is 50.2 Å². The molecule has 0 spiro atoms. The summed E-state index contributed by atoms with van der Waals surface area (Å²) >= 11 is 0. The van der Waals surface area contributed by atoms with E-state index >= 15 is 0 Å². The fourth-order valence-corrected chi connectivity index (χ4v) is 3.94. The number of aryl methyl sites for hydroxylation is 1. The van der Waals surface area contributed by atoms with Crippen LogP contribution in [0.15, 0.2) is 36.4 Å². The first-order chi connectivity index (χ1) is 16.3. The van der Waals surface area contributed by atoms with Crippen molar-refractivity contribution in [2.45, 2.75) is 58.6 Å². The second kappa shape index (κ2) is 12.1. The monoisotopic (exact) mass is 468 g/mol. The Morgan fingerprint density at radius 2 is 1.97 bits per heavy atom. The van der Waals surface area contributed by atoms with Gasteiger partial charge in [-0.25, -0.2) is 4.79 Å². The summed E-state index contributed by atoms with van der Waals surface area (Å²) in [6.45, 7) is 4.32.